The highest BCUT2D eigenvalue weighted by Gasteiger charge is 2.19. The van der Waals surface area contributed by atoms with Gasteiger partial charge in [-0.3, -0.25) is 0 Å². The maximum absolute atomic E-state index is 5.89. The van der Waals surface area contributed by atoms with Gasteiger partial charge in [0.15, 0.2) is 0 Å². The van der Waals surface area contributed by atoms with Crippen molar-refractivity contribution in [2.75, 3.05) is 11.9 Å². The van der Waals surface area contributed by atoms with E-state index in [0.717, 1.165) is 22.4 Å². The van der Waals surface area contributed by atoms with Gasteiger partial charge in [0, 0.05) is 11.3 Å². The molecule has 5 nitrogen and oxygen atoms in total. The molecule has 154 valence electrons. The molecule has 0 spiro atoms. The minimum atomic E-state index is -0.162. The average Bonchev–Trinajstić information content (AvgIpc) is 3.37. The van der Waals surface area contributed by atoms with Crippen molar-refractivity contribution < 1.29 is 4.74 Å². The Morgan fingerprint density at radius 3 is 2.19 bits per heavy atom. The second-order valence-corrected chi connectivity index (χ2v) is 6.84. The highest BCUT2D eigenvalue weighted by atomic mass is 16.5. The van der Waals surface area contributed by atoms with E-state index in [1.807, 2.05) is 61.5 Å². The van der Waals surface area contributed by atoms with E-state index in [-0.39, 0.29) is 6.04 Å². The first kappa shape index (κ1) is 20.2. The zero-order valence-corrected chi connectivity index (χ0v) is 17.3. The summed E-state index contributed by atoms with van der Waals surface area (Å²) < 4.78 is 7.49. The van der Waals surface area contributed by atoms with Crippen molar-refractivity contribution in [3.8, 4) is 0 Å². The molecule has 0 aliphatic rings. The second-order valence-electron chi connectivity index (χ2n) is 6.84. The molecular weight excluding hydrogens is 384 g/mol. The number of para-hydroxylation sites is 1. The zero-order chi connectivity index (χ0) is 21.3. The van der Waals surface area contributed by atoms with Crippen LogP contribution in [0.25, 0.3) is 11.5 Å². The van der Waals surface area contributed by atoms with Gasteiger partial charge in [0.2, 0.25) is 0 Å². The molecule has 0 aliphatic heterocycles. The van der Waals surface area contributed by atoms with Crippen LogP contribution < -0.4 is 5.32 Å². The Balaban J connectivity index is 1.93. The largest absolute Gasteiger partial charge is 0.472 e. The summed E-state index contributed by atoms with van der Waals surface area (Å²) in [6, 6.07) is 30.6. The highest BCUT2D eigenvalue weighted by Crippen LogP contribution is 2.33. The van der Waals surface area contributed by atoms with Crippen molar-refractivity contribution in [2.24, 2.45) is 0 Å². The first-order chi connectivity index (χ1) is 15.3. The Bertz CT molecular complexity index is 1130. The van der Waals surface area contributed by atoms with Crippen molar-refractivity contribution in [2.45, 2.75) is 13.0 Å². The molecule has 0 radical (unpaired) electrons. The van der Waals surface area contributed by atoms with Crippen LogP contribution in [-0.4, -0.2) is 21.4 Å². The Morgan fingerprint density at radius 2 is 1.58 bits per heavy atom. The van der Waals surface area contributed by atoms with Crippen LogP contribution in [0.3, 0.4) is 0 Å². The molecule has 0 amide bonds. The molecule has 1 aromatic heterocycles. The molecule has 31 heavy (non-hydrogen) atoms. The molecule has 4 rings (SSSR count). The van der Waals surface area contributed by atoms with Gasteiger partial charge in [0.05, 0.1) is 12.6 Å². The molecule has 0 fully saturated rings. The molecule has 0 bridgehead atoms. The highest BCUT2D eigenvalue weighted by molar-refractivity contribution is 5.76. The minimum absolute atomic E-state index is 0.162. The number of benzene rings is 3. The molecule has 1 unspecified atom stereocenters. The van der Waals surface area contributed by atoms with Gasteiger partial charge in [-0.1, -0.05) is 78.9 Å². The summed E-state index contributed by atoms with van der Waals surface area (Å²) in [5.41, 5.74) is 7.62. The van der Waals surface area contributed by atoms with Crippen molar-refractivity contribution in [3.63, 3.8) is 0 Å². The van der Waals surface area contributed by atoms with Crippen molar-refractivity contribution in [3.05, 3.63) is 121 Å². The van der Waals surface area contributed by atoms with E-state index in [2.05, 4.69) is 57.5 Å². The van der Waals surface area contributed by atoms with E-state index >= 15 is 0 Å². The number of rotatable bonds is 8. The molecule has 3 aromatic carbocycles. The SMILES string of the molecule is CCOC(=C=C(c1ccccc1)C(Nc1ccccc1)c1ccccc1)n1cncn1. The number of nitrogens with zero attached hydrogens (tertiary/aromatic N) is 3. The van der Waals surface area contributed by atoms with E-state index in [4.69, 9.17) is 4.74 Å². The maximum Gasteiger partial charge on any atom is 0.263 e. The summed E-state index contributed by atoms with van der Waals surface area (Å²) in [5.74, 6) is 0.495. The second kappa shape index (κ2) is 10.1. The lowest BCUT2D eigenvalue weighted by atomic mass is 9.93. The van der Waals surface area contributed by atoms with Gasteiger partial charge in [-0.25, -0.2) is 4.98 Å². The monoisotopic (exact) mass is 408 g/mol. The summed E-state index contributed by atoms with van der Waals surface area (Å²) in [5, 5.41) is 7.92. The van der Waals surface area contributed by atoms with Crippen LogP contribution in [0.5, 0.6) is 0 Å². The topological polar surface area (TPSA) is 52.0 Å². The molecular formula is C26H24N4O. The van der Waals surface area contributed by atoms with Crippen LogP contribution >= 0.6 is 0 Å². The molecule has 4 aromatic rings. The summed E-state index contributed by atoms with van der Waals surface area (Å²) in [6.07, 6.45) is 3.10. The van der Waals surface area contributed by atoms with Crippen LogP contribution in [0.4, 0.5) is 5.69 Å². The van der Waals surface area contributed by atoms with Crippen molar-refractivity contribution in [1.82, 2.24) is 14.8 Å². The number of ether oxygens (including phenoxy) is 1. The van der Waals surface area contributed by atoms with E-state index in [0.29, 0.717) is 12.5 Å². The third-order valence-corrected chi connectivity index (χ3v) is 4.74. The smallest absolute Gasteiger partial charge is 0.263 e. The quantitative estimate of drug-likeness (QED) is 0.302. The summed E-state index contributed by atoms with van der Waals surface area (Å²) in [4.78, 5) is 4.06. The normalized spacial score (nSPS) is 11.3. The van der Waals surface area contributed by atoms with Gasteiger partial charge < -0.3 is 10.1 Å². The number of nitrogens with one attached hydrogen (secondary N) is 1. The third kappa shape index (κ3) is 5.10. The van der Waals surface area contributed by atoms with Crippen molar-refractivity contribution >= 4 is 17.1 Å². The molecule has 1 heterocycles. The van der Waals surface area contributed by atoms with E-state index in [1.165, 1.54) is 6.33 Å². The summed E-state index contributed by atoms with van der Waals surface area (Å²) in [7, 11) is 0. The van der Waals surface area contributed by atoms with E-state index in [9.17, 15) is 0 Å². The van der Waals surface area contributed by atoms with Crippen LogP contribution in [0.15, 0.2) is 109 Å². The van der Waals surface area contributed by atoms with E-state index < -0.39 is 0 Å². The fourth-order valence-corrected chi connectivity index (χ4v) is 3.32. The van der Waals surface area contributed by atoms with Gasteiger partial charge in [-0.2, -0.15) is 9.78 Å². The summed E-state index contributed by atoms with van der Waals surface area (Å²) in [6.45, 7) is 2.43. The number of anilines is 1. The Labute approximate surface area is 182 Å². The molecule has 0 saturated heterocycles. The predicted molar refractivity (Wildman–Crippen MR) is 124 cm³/mol. The lowest BCUT2D eigenvalue weighted by Gasteiger charge is -2.23. The molecule has 0 saturated carbocycles. The first-order valence-corrected chi connectivity index (χ1v) is 10.3. The number of hydrogen-bond acceptors (Lipinski definition) is 4. The Morgan fingerprint density at radius 1 is 0.935 bits per heavy atom. The molecule has 5 heteroatoms. The molecule has 0 aliphatic carbocycles. The van der Waals surface area contributed by atoms with Gasteiger partial charge in [0.1, 0.15) is 12.7 Å². The number of hydrogen-bond donors (Lipinski definition) is 1. The predicted octanol–water partition coefficient (Wildman–Crippen LogP) is 5.65. The molecule has 1 atom stereocenters. The molecule has 1 N–H and O–H groups in total. The first-order valence-electron chi connectivity index (χ1n) is 10.3. The van der Waals surface area contributed by atoms with Gasteiger partial charge in [-0.05, 0) is 35.9 Å². The summed E-state index contributed by atoms with van der Waals surface area (Å²) >= 11 is 0. The lowest BCUT2D eigenvalue weighted by molar-refractivity contribution is 0.272. The van der Waals surface area contributed by atoms with Gasteiger partial charge in [-0.15, -0.1) is 0 Å². The third-order valence-electron chi connectivity index (χ3n) is 4.74. The van der Waals surface area contributed by atoms with Crippen LogP contribution in [0, 0.1) is 0 Å². The Kier molecular flexibility index (Phi) is 6.58. The van der Waals surface area contributed by atoms with Crippen LogP contribution in [0.2, 0.25) is 0 Å². The minimum Gasteiger partial charge on any atom is -0.472 e. The zero-order valence-electron chi connectivity index (χ0n) is 17.3. The van der Waals surface area contributed by atoms with Crippen LogP contribution in [0.1, 0.15) is 24.1 Å². The van der Waals surface area contributed by atoms with Crippen molar-refractivity contribution in [1.29, 1.82) is 0 Å². The average molecular weight is 409 g/mol. The number of aromatic nitrogens is 3. The van der Waals surface area contributed by atoms with E-state index in [1.54, 1.807) is 11.0 Å². The fraction of sp³-hybridized carbons (Fsp3) is 0.115. The maximum atomic E-state index is 5.89. The van der Waals surface area contributed by atoms with Crippen LogP contribution in [-0.2, 0) is 4.74 Å². The van der Waals surface area contributed by atoms with Gasteiger partial charge in [0.25, 0.3) is 5.88 Å². The Hall–Kier alpha value is -4.08. The standard InChI is InChI=1S/C26H24N4O/c1-2-31-25(30-20-27-19-28-30)18-24(21-12-6-3-7-13-21)26(22-14-8-4-9-15-22)29-23-16-10-5-11-17-23/h3-17,19-20,26,29H,2H2,1H3. The lowest BCUT2D eigenvalue weighted by Crippen LogP contribution is -2.13. The van der Waals surface area contributed by atoms with Gasteiger partial charge >= 0.3 is 0 Å². The fourth-order valence-electron chi connectivity index (χ4n) is 3.32.